The lowest BCUT2D eigenvalue weighted by Crippen LogP contribution is -2.00. The van der Waals surface area contributed by atoms with Gasteiger partial charge >= 0.3 is 0 Å². The van der Waals surface area contributed by atoms with Crippen LogP contribution in [0.3, 0.4) is 0 Å². The third-order valence-corrected chi connectivity index (χ3v) is 11.1. The number of fused-ring (bicyclic) bond motifs is 10. The van der Waals surface area contributed by atoms with E-state index >= 15 is 0 Å². The summed E-state index contributed by atoms with van der Waals surface area (Å²) in [7, 11) is 0. The Kier molecular flexibility index (Phi) is 6.35. The zero-order chi connectivity index (χ0) is 34.2. The summed E-state index contributed by atoms with van der Waals surface area (Å²) >= 11 is 1.79. The van der Waals surface area contributed by atoms with Gasteiger partial charge in [-0.15, -0.1) is 11.3 Å². The van der Waals surface area contributed by atoms with Crippen molar-refractivity contribution < 1.29 is 4.42 Å². The Labute approximate surface area is 301 Å². The molecule has 0 N–H and O–H groups in total. The average Bonchev–Trinajstić information content (AvgIpc) is 3.83. The standard InChI is InChI=1S/C46H26N4OS/c1-3-11-28(12-4-1)43-48-44(31-21-23-34-33-16-9-10-18-38(33)52-39(34)26-31)50-45(49-43)36-25-30-20-19-27-22-24-37-42(51-46(47-37)29-13-5-2-6-14-29)41(27)40(30)35-17-8-7-15-32(35)36/h1-26H. The van der Waals surface area contributed by atoms with E-state index in [4.69, 9.17) is 24.4 Å². The van der Waals surface area contributed by atoms with Crippen LogP contribution >= 0.6 is 11.3 Å². The molecule has 0 radical (unpaired) electrons. The summed E-state index contributed by atoms with van der Waals surface area (Å²) in [4.78, 5) is 20.3. The van der Waals surface area contributed by atoms with E-state index in [0.717, 1.165) is 65.7 Å². The molecule has 52 heavy (non-hydrogen) atoms. The fourth-order valence-corrected chi connectivity index (χ4v) is 8.63. The number of benzene rings is 8. The van der Waals surface area contributed by atoms with Crippen molar-refractivity contribution in [3.63, 3.8) is 0 Å². The van der Waals surface area contributed by atoms with Crippen molar-refractivity contribution in [1.82, 2.24) is 19.9 Å². The summed E-state index contributed by atoms with van der Waals surface area (Å²) in [5, 5.41) is 8.99. The van der Waals surface area contributed by atoms with Gasteiger partial charge in [-0.1, -0.05) is 121 Å². The first kappa shape index (κ1) is 29.0. The van der Waals surface area contributed by atoms with Gasteiger partial charge < -0.3 is 4.42 Å². The SMILES string of the molecule is c1ccc(-c2nc(-c3ccc4c(c3)sc3ccccc34)nc(-c3cc4ccc5ccc6nc(-c7ccccc7)oc6c5c4c4ccccc34)n2)cc1. The summed E-state index contributed by atoms with van der Waals surface area (Å²) in [6, 6.07) is 54.6. The molecular formula is C46H26N4OS. The van der Waals surface area contributed by atoms with Crippen LogP contribution < -0.4 is 0 Å². The Morgan fingerprint density at radius 1 is 0.404 bits per heavy atom. The van der Waals surface area contributed by atoms with Gasteiger partial charge in [-0.25, -0.2) is 19.9 Å². The number of oxazole rings is 1. The molecule has 11 rings (SSSR count). The van der Waals surface area contributed by atoms with Gasteiger partial charge in [0.1, 0.15) is 5.52 Å². The van der Waals surface area contributed by atoms with E-state index in [0.29, 0.717) is 23.4 Å². The molecule has 0 saturated heterocycles. The summed E-state index contributed by atoms with van der Waals surface area (Å²) in [5.41, 5.74) is 5.40. The Balaban J connectivity index is 1.16. The summed E-state index contributed by atoms with van der Waals surface area (Å²) in [5.74, 6) is 2.52. The van der Waals surface area contributed by atoms with Crippen molar-refractivity contribution in [3.8, 4) is 45.6 Å². The Morgan fingerprint density at radius 2 is 1.04 bits per heavy atom. The highest BCUT2D eigenvalue weighted by Gasteiger charge is 2.20. The zero-order valence-electron chi connectivity index (χ0n) is 27.6. The van der Waals surface area contributed by atoms with E-state index in [9.17, 15) is 0 Å². The highest BCUT2D eigenvalue weighted by Crippen LogP contribution is 2.42. The molecule has 8 aromatic carbocycles. The van der Waals surface area contributed by atoms with Crippen LogP contribution in [0, 0.1) is 0 Å². The van der Waals surface area contributed by atoms with Crippen LogP contribution in [0.15, 0.2) is 162 Å². The second-order valence-corrected chi connectivity index (χ2v) is 14.1. The van der Waals surface area contributed by atoms with Crippen molar-refractivity contribution in [2.45, 2.75) is 0 Å². The van der Waals surface area contributed by atoms with Crippen molar-refractivity contribution in [2.24, 2.45) is 0 Å². The molecule has 242 valence electrons. The highest BCUT2D eigenvalue weighted by molar-refractivity contribution is 7.25. The van der Waals surface area contributed by atoms with Gasteiger partial charge in [-0.2, -0.15) is 0 Å². The van der Waals surface area contributed by atoms with Gasteiger partial charge in [0.2, 0.25) is 5.89 Å². The van der Waals surface area contributed by atoms with Gasteiger partial charge in [0.05, 0.1) is 0 Å². The highest BCUT2D eigenvalue weighted by atomic mass is 32.1. The molecule has 0 aliphatic rings. The van der Waals surface area contributed by atoms with Crippen LogP contribution in [-0.2, 0) is 0 Å². The molecule has 0 spiro atoms. The van der Waals surface area contributed by atoms with Crippen molar-refractivity contribution in [1.29, 1.82) is 0 Å². The molecule has 5 nitrogen and oxygen atoms in total. The summed E-state index contributed by atoms with van der Waals surface area (Å²) in [6.45, 7) is 0. The second-order valence-electron chi connectivity index (χ2n) is 13.0. The maximum absolute atomic E-state index is 6.58. The number of thiophene rings is 1. The van der Waals surface area contributed by atoms with E-state index < -0.39 is 0 Å². The lowest BCUT2D eigenvalue weighted by molar-refractivity contribution is 0.623. The van der Waals surface area contributed by atoms with Crippen LogP contribution in [-0.4, -0.2) is 19.9 Å². The molecule has 11 aromatic rings. The number of aromatic nitrogens is 4. The summed E-state index contributed by atoms with van der Waals surface area (Å²) in [6.07, 6.45) is 0. The van der Waals surface area contributed by atoms with Gasteiger partial charge in [0.15, 0.2) is 23.1 Å². The molecule has 0 aliphatic heterocycles. The molecule has 0 aliphatic carbocycles. The zero-order valence-corrected chi connectivity index (χ0v) is 28.4. The van der Waals surface area contributed by atoms with Gasteiger partial charge in [-0.3, -0.25) is 0 Å². The predicted molar refractivity (Wildman–Crippen MR) is 215 cm³/mol. The average molecular weight is 683 g/mol. The first-order valence-corrected chi connectivity index (χ1v) is 18.0. The third kappa shape index (κ3) is 4.55. The lowest BCUT2D eigenvalue weighted by Gasteiger charge is -2.14. The number of hydrogen-bond acceptors (Lipinski definition) is 6. The summed E-state index contributed by atoms with van der Waals surface area (Å²) < 4.78 is 9.05. The van der Waals surface area contributed by atoms with Crippen LogP contribution in [0.1, 0.15) is 0 Å². The molecule has 6 heteroatoms. The molecule has 0 saturated carbocycles. The second kappa shape index (κ2) is 11.4. The van der Waals surface area contributed by atoms with E-state index in [1.807, 2.05) is 54.6 Å². The Bertz CT molecular complexity index is 3190. The largest absolute Gasteiger partial charge is 0.435 e. The molecular weight excluding hydrogens is 657 g/mol. The molecule has 0 unspecified atom stereocenters. The monoisotopic (exact) mass is 682 g/mol. The molecule has 3 heterocycles. The fraction of sp³-hybridized carbons (Fsp3) is 0. The van der Waals surface area contributed by atoms with Crippen LogP contribution in [0.4, 0.5) is 0 Å². The molecule has 3 aromatic heterocycles. The van der Waals surface area contributed by atoms with E-state index in [1.165, 1.54) is 20.2 Å². The predicted octanol–water partition coefficient (Wildman–Crippen LogP) is 12.5. The molecule has 0 fully saturated rings. The van der Waals surface area contributed by atoms with Crippen LogP contribution in [0.2, 0.25) is 0 Å². The molecule has 0 bridgehead atoms. The minimum atomic E-state index is 0.612. The molecule has 0 atom stereocenters. The number of nitrogens with zero attached hydrogens (tertiary/aromatic N) is 4. The first-order valence-electron chi connectivity index (χ1n) is 17.2. The van der Waals surface area contributed by atoms with E-state index in [-0.39, 0.29) is 0 Å². The quantitative estimate of drug-likeness (QED) is 0.173. The van der Waals surface area contributed by atoms with Gasteiger partial charge in [0.25, 0.3) is 0 Å². The first-order chi connectivity index (χ1) is 25.7. The maximum Gasteiger partial charge on any atom is 0.227 e. The third-order valence-electron chi connectivity index (χ3n) is 9.92. The topological polar surface area (TPSA) is 64.7 Å². The van der Waals surface area contributed by atoms with E-state index in [2.05, 4.69) is 103 Å². The van der Waals surface area contributed by atoms with Crippen molar-refractivity contribution in [2.75, 3.05) is 0 Å². The lowest BCUT2D eigenvalue weighted by atomic mass is 9.92. The Hall–Kier alpha value is -6.76. The van der Waals surface area contributed by atoms with Crippen molar-refractivity contribution in [3.05, 3.63) is 158 Å². The minimum Gasteiger partial charge on any atom is -0.435 e. The van der Waals surface area contributed by atoms with E-state index in [1.54, 1.807) is 11.3 Å². The maximum atomic E-state index is 6.58. The minimum absolute atomic E-state index is 0.612. The number of hydrogen-bond donors (Lipinski definition) is 0. The molecule has 0 amide bonds. The fourth-order valence-electron chi connectivity index (χ4n) is 7.49. The smallest absolute Gasteiger partial charge is 0.227 e. The Morgan fingerprint density at radius 3 is 1.87 bits per heavy atom. The van der Waals surface area contributed by atoms with Gasteiger partial charge in [0, 0.05) is 53.2 Å². The van der Waals surface area contributed by atoms with Crippen LogP contribution in [0.5, 0.6) is 0 Å². The van der Waals surface area contributed by atoms with Crippen molar-refractivity contribution >= 4 is 74.9 Å². The van der Waals surface area contributed by atoms with Gasteiger partial charge in [-0.05, 0) is 57.9 Å². The normalized spacial score (nSPS) is 11.8. The number of rotatable bonds is 4. The van der Waals surface area contributed by atoms with Crippen LogP contribution in [0.25, 0.3) is 109 Å².